The molecule has 0 aliphatic heterocycles. The zero-order chi connectivity index (χ0) is 12.8. The van der Waals surface area contributed by atoms with E-state index in [1.807, 2.05) is 19.9 Å². The molecule has 0 aromatic carbocycles. The summed E-state index contributed by atoms with van der Waals surface area (Å²) in [6.45, 7) is 11.8. The molecule has 0 saturated heterocycles. The van der Waals surface area contributed by atoms with Gasteiger partial charge in [-0.2, -0.15) is 0 Å². The van der Waals surface area contributed by atoms with Gasteiger partial charge >= 0.3 is 0 Å². The van der Waals surface area contributed by atoms with Crippen molar-refractivity contribution in [2.24, 2.45) is 5.92 Å². The van der Waals surface area contributed by atoms with E-state index in [1.165, 1.54) is 0 Å². The monoisotopic (exact) mass is 235 g/mol. The van der Waals surface area contributed by atoms with Crippen molar-refractivity contribution in [1.82, 2.24) is 15.3 Å². The molecular weight excluding hydrogens is 210 g/mol. The molecule has 0 spiro atoms. The van der Waals surface area contributed by atoms with E-state index in [9.17, 15) is 0 Å². The van der Waals surface area contributed by atoms with Crippen molar-refractivity contribution in [3.05, 3.63) is 23.3 Å². The average molecular weight is 235 g/mol. The smallest absolute Gasteiger partial charge is 0.130 e. The second-order valence-corrected chi connectivity index (χ2v) is 5.08. The Labute approximate surface area is 105 Å². The van der Waals surface area contributed by atoms with Crippen LogP contribution in [0.15, 0.2) is 6.07 Å². The summed E-state index contributed by atoms with van der Waals surface area (Å²) in [7, 11) is 0. The number of hydrogen-bond donors (Lipinski definition) is 1. The highest BCUT2D eigenvalue weighted by molar-refractivity contribution is 5.09. The van der Waals surface area contributed by atoms with Crippen LogP contribution in [-0.4, -0.2) is 22.6 Å². The Bertz CT molecular complexity index is 327. The topological polar surface area (TPSA) is 37.8 Å². The second kappa shape index (κ2) is 6.70. The third kappa shape index (κ3) is 4.82. The number of aryl methyl sites for hydroxylation is 2. The van der Waals surface area contributed by atoms with Crippen LogP contribution in [0.5, 0.6) is 0 Å². The summed E-state index contributed by atoms with van der Waals surface area (Å²) >= 11 is 0. The van der Waals surface area contributed by atoms with Gasteiger partial charge in [-0.15, -0.1) is 0 Å². The van der Waals surface area contributed by atoms with Gasteiger partial charge in [0.25, 0.3) is 0 Å². The summed E-state index contributed by atoms with van der Waals surface area (Å²) in [6, 6.07) is 2.49. The highest BCUT2D eigenvalue weighted by Crippen LogP contribution is 2.09. The van der Waals surface area contributed by atoms with Crippen LogP contribution in [-0.2, 0) is 6.42 Å². The second-order valence-electron chi connectivity index (χ2n) is 5.08. The van der Waals surface area contributed by atoms with Crippen LogP contribution in [0.3, 0.4) is 0 Å². The molecule has 3 nitrogen and oxygen atoms in total. The van der Waals surface area contributed by atoms with Crippen molar-refractivity contribution in [2.45, 2.75) is 53.5 Å². The number of rotatable bonds is 6. The summed E-state index contributed by atoms with van der Waals surface area (Å²) in [5, 5.41) is 3.58. The Balaban J connectivity index is 2.71. The summed E-state index contributed by atoms with van der Waals surface area (Å²) in [5.41, 5.74) is 2.12. The summed E-state index contributed by atoms with van der Waals surface area (Å²) in [5.74, 6) is 1.57. The van der Waals surface area contributed by atoms with Crippen molar-refractivity contribution in [3.8, 4) is 0 Å². The Morgan fingerprint density at radius 3 is 2.24 bits per heavy atom. The van der Waals surface area contributed by atoms with Gasteiger partial charge in [0.2, 0.25) is 0 Å². The lowest BCUT2D eigenvalue weighted by Gasteiger charge is -2.21. The molecule has 1 N–H and O–H groups in total. The van der Waals surface area contributed by atoms with E-state index >= 15 is 0 Å². The lowest BCUT2D eigenvalue weighted by Crippen LogP contribution is -2.36. The van der Waals surface area contributed by atoms with Gasteiger partial charge in [0.05, 0.1) is 0 Å². The maximum absolute atomic E-state index is 4.51. The first-order valence-electron chi connectivity index (χ1n) is 6.57. The molecule has 0 radical (unpaired) electrons. The maximum atomic E-state index is 4.51. The van der Waals surface area contributed by atoms with Gasteiger partial charge < -0.3 is 5.32 Å². The van der Waals surface area contributed by atoms with Gasteiger partial charge in [0.1, 0.15) is 5.82 Å². The van der Waals surface area contributed by atoms with Gasteiger partial charge in [-0.25, -0.2) is 9.97 Å². The number of nitrogens with zero attached hydrogens (tertiary/aromatic N) is 2. The van der Waals surface area contributed by atoms with Crippen LogP contribution in [0.2, 0.25) is 0 Å². The molecule has 0 amide bonds. The van der Waals surface area contributed by atoms with E-state index in [-0.39, 0.29) is 0 Å². The van der Waals surface area contributed by atoms with Crippen LogP contribution in [0.4, 0.5) is 0 Å². The van der Waals surface area contributed by atoms with Crippen molar-refractivity contribution >= 4 is 0 Å². The standard InChI is InChI=1S/C14H25N3/c1-6-7-15-13(10(2)3)9-14-16-11(4)8-12(5)17-14/h8,10,13,15H,6-7,9H2,1-5H3. The molecule has 1 aromatic rings. The molecule has 0 saturated carbocycles. The van der Waals surface area contributed by atoms with Crippen LogP contribution in [0.25, 0.3) is 0 Å². The van der Waals surface area contributed by atoms with E-state index in [4.69, 9.17) is 0 Å². The number of nitrogens with one attached hydrogen (secondary N) is 1. The van der Waals surface area contributed by atoms with E-state index in [2.05, 4.69) is 36.1 Å². The lowest BCUT2D eigenvalue weighted by molar-refractivity contribution is 0.391. The van der Waals surface area contributed by atoms with Gasteiger partial charge in [-0.05, 0) is 38.8 Å². The number of aromatic nitrogens is 2. The van der Waals surface area contributed by atoms with Crippen LogP contribution in [0.1, 0.15) is 44.4 Å². The molecular formula is C14H25N3. The first kappa shape index (κ1) is 14.1. The largest absolute Gasteiger partial charge is 0.313 e. The van der Waals surface area contributed by atoms with Crippen molar-refractivity contribution in [2.75, 3.05) is 6.54 Å². The molecule has 96 valence electrons. The molecule has 3 heteroatoms. The van der Waals surface area contributed by atoms with E-state index in [0.717, 1.165) is 36.6 Å². The third-order valence-corrected chi connectivity index (χ3v) is 2.89. The van der Waals surface area contributed by atoms with Crippen molar-refractivity contribution in [3.63, 3.8) is 0 Å². The summed E-state index contributed by atoms with van der Waals surface area (Å²) < 4.78 is 0. The zero-order valence-corrected chi connectivity index (χ0v) is 11.7. The minimum absolute atomic E-state index is 0.469. The fraction of sp³-hybridized carbons (Fsp3) is 0.714. The first-order chi connectivity index (χ1) is 8.02. The van der Waals surface area contributed by atoms with Crippen LogP contribution in [0, 0.1) is 19.8 Å². The Morgan fingerprint density at radius 2 is 1.76 bits per heavy atom. The Morgan fingerprint density at radius 1 is 1.18 bits per heavy atom. The molecule has 0 aliphatic carbocycles. The SMILES string of the molecule is CCCNC(Cc1nc(C)cc(C)n1)C(C)C. The summed E-state index contributed by atoms with van der Waals surface area (Å²) in [4.78, 5) is 9.03. The highest BCUT2D eigenvalue weighted by Gasteiger charge is 2.14. The third-order valence-electron chi connectivity index (χ3n) is 2.89. The minimum atomic E-state index is 0.469. The summed E-state index contributed by atoms with van der Waals surface area (Å²) in [6.07, 6.45) is 2.08. The number of hydrogen-bond acceptors (Lipinski definition) is 3. The Kier molecular flexibility index (Phi) is 5.56. The molecule has 1 unspecified atom stereocenters. The fourth-order valence-corrected chi connectivity index (χ4v) is 1.96. The van der Waals surface area contributed by atoms with Crippen molar-refractivity contribution in [1.29, 1.82) is 0 Å². The molecule has 0 fully saturated rings. The first-order valence-corrected chi connectivity index (χ1v) is 6.57. The van der Waals surface area contributed by atoms with E-state index in [0.29, 0.717) is 12.0 Å². The predicted octanol–water partition coefficient (Wildman–Crippen LogP) is 2.66. The fourth-order valence-electron chi connectivity index (χ4n) is 1.96. The molecule has 0 bridgehead atoms. The molecule has 1 heterocycles. The predicted molar refractivity (Wildman–Crippen MR) is 72.1 cm³/mol. The molecule has 1 atom stereocenters. The quantitative estimate of drug-likeness (QED) is 0.823. The normalized spacial score (nSPS) is 13.1. The van der Waals surface area contributed by atoms with E-state index in [1.54, 1.807) is 0 Å². The minimum Gasteiger partial charge on any atom is -0.313 e. The van der Waals surface area contributed by atoms with Gasteiger partial charge in [-0.1, -0.05) is 20.8 Å². The highest BCUT2D eigenvalue weighted by atomic mass is 14.9. The molecule has 0 aliphatic rings. The maximum Gasteiger partial charge on any atom is 0.130 e. The van der Waals surface area contributed by atoms with Crippen LogP contribution >= 0.6 is 0 Å². The molecule has 17 heavy (non-hydrogen) atoms. The van der Waals surface area contributed by atoms with Crippen LogP contribution < -0.4 is 5.32 Å². The van der Waals surface area contributed by atoms with Gasteiger partial charge in [0.15, 0.2) is 0 Å². The Hall–Kier alpha value is -0.960. The molecule has 1 aromatic heterocycles. The van der Waals surface area contributed by atoms with Crippen molar-refractivity contribution < 1.29 is 0 Å². The zero-order valence-electron chi connectivity index (χ0n) is 11.7. The average Bonchev–Trinajstić information content (AvgIpc) is 2.22. The lowest BCUT2D eigenvalue weighted by atomic mass is 10.0. The van der Waals surface area contributed by atoms with Gasteiger partial charge in [-0.3, -0.25) is 0 Å². The molecule has 1 rings (SSSR count). The van der Waals surface area contributed by atoms with Gasteiger partial charge in [0, 0.05) is 23.9 Å². The van der Waals surface area contributed by atoms with E-state index < -0.39 is 0 Å².